The van der Waals surface area contributed by atoms with Gasteiger partial charge in [0.05, 0.1) is 19.3 Å². The summed E-state index contributed by atoms with van der Waals surface area (Å²) < 4.78 is 5.39. The van der Waals surface area contributed by atoms with E-state index in [1.54, 1.807) is 0 Å². The number of quaternary nitrogens is 1. The molecular weight excluding hydrogens is 314 g/mol. The van der Waals surface area contributed by atoms with Crippen molar-refractivity contribution in [3.05, 3.63) is 24.3 Å². The smallest absolute Gasteiger partial charge is 0.279 e. The summed E-state index contributed by atoms with van der Waals surface area (Å²) in [5.41, 5.74) is 2.07. The Bertz CT molecular complexity index is 555. The number of hydrogen-bond acceptors (Lipinski definition) is 3. The lowest BCUT2D eigenvalue weighted by molar-refractivity contribution is -0.688. The van der Waals surface area contributed by atoms with E-state index in [2.05, 4.69) is 41.5 Å². The van der Waals surface area contributed by atoms with E-state index in [9.17, 15) is 4.79 Å². The Labute approximate surface area is 151 Å². The molecule has 0 unspecified atom stereocenters. The molecule has 3 atom stereocenters. The third-order valence-corrected chi connectivity index (χ3v) is 5.90. The third kappa shape index (κ3) is 4.95. The first-order chi connectivity index (χ1) is 12.1. The SMILES string of the molecule is C[C@@H]1[C@@H](C)CCC[C@H]1[NH2+]CC(=O)Nc1ccc(N2CCOCC2)cc1. The molecule has 0 bridgehead atoms. The highest BCUT2D eigenvalue weighted by atomic mass is 16.5. The summed E-state index contributed by atoms with van der Waals surface area (Å²) in [6, 6.07) is 8.73. The predicted molar refractivity (Wildman–Crippen MR) is 101 cm³/mol. The van der Waals surface area contributed by atoms with Crippen molar-refractivity contribution in [2.75, 3.05) is 43.1 Å². The van der Waals surface area contributed by atoms with Gasteiger partial charge in [0, 0.05) is 30.4 Å². The Morgan fingerprint density at radius 2 is 1.92 bits per heavy atom. The van der Waals surface area contributed by atoms with E-state index in [1.807, 2.05) is 12.1 Å². The molecule has 0 radical (unpaired) electrons. The van der Waals surface area contributed by atoms with Crippen molar-refractivity contribution in [1.29, 1.82) is 0 Å². The standard InChI is InChI=1S/C20H31N3O2/c1-15-4-3-5-19(16(15)2)21-14-20(24)22-17-6-8-18(9-7-17)23-10-12-25-13-11-23/h6-9,15-16,19,21H,3-5,10-14H2,1-2H3,(H,22,24)/p+1/t15-,16+,19+/m0/s1. The number of nitrogens with one attached hydrogen (secondary N) is 1. The number of benzene rings is 1. The highest BCUT2D eigenvalue weighted by Crippen LogP contribution is 2.27. The van der Waals surface area contributed by atoms with Crippen LogP contribution in [-0.2, 0) is 9.53 Å². The van der Waals surface area contributed by atoms with E-state index in [4.69, 9.17) is 4.74 Å². The van der Waals surface area contributed by atoms with Gasteiger partial charge in [0.15, 0.2) is 6.54 Å². The third-order valence-electron chi connectivity index (χ3n) is 5.90. The van der Waals surface area contributed by atoms with Gasteiger partial charge in [0.1, 0.15) is 0 Å². The molecule has 1 aliphatic carbocycles. The van der Waals surface area contributed by atoms with Gasteiger partial charge >= 0.3 is 0 Å². The van der Waals surface area contributed by atoms with Crippen LogP contribution in [0.15, 0.2) is 24.3 Å². The lowest BCUT2D eigenvalue weighted by atomic mass is 9.78. The molecule has 2 aliphatic rings. The summed E-state index contributed by atoms with van der Waals surface area (Å²) in [6.07, 6.45) is 3.84. The Morgan fingerprint density at radius 3 is 2.64 bits per heavy atom. The van der Waals surface area contributed by atoms with Gasteiger partial charge in [0.2, 0.25) is 0 Å². The Morgan fingerprint density at radius 1 is 1.20 bits per heavy atom. The van der Waals surface area contributed by atoms with Crippen LogP contribution in [0.5, 0.6) is 0 Å². The number of ether oxygens (including phenoxy) is 1. The second-order valence-electron chi connectivity index (χ2n) is 7.57. The summed E-state index contributed by atoms with van der Waals surface area (Å²) >= 11 is 0. The van der Waals surface area contributed by atoms with Crippen LogP contribution in [0.25, 0.3) is 0 Å². The van der Waals surface area contributed by atoms with Crippen molar-refractivity contribution in [3.8, 4) is 0 Å². The molecule has 138 valence electrons. The minimum atomic E-state index is 0.0875. The van der Waals surface area contributed by atoms with E-state index in [1.165, 1.54) is 24.9 Å². The number of nitrogens with zero attached hydrogens (tertiary/aromatic N) is 1. The first-order valence-corrected chi connectivity index (χ1v) is 9.69. The predicted octanol–water partition coefficient (Wildman–Crippen LogP) is 1.85. The number of morpholine rings is 1. The van der Waals surface area contributed by atoms with E-state index < -0.39 is 0 Å². The van der Waals surface area contributed by atoms with Gasteiger partial charge in [-0.05, 0) is 49.4 Å². The molecule has 0 spiro atoms. The summed E-state index contributed by atoms with van der Waals surface area (Å²) in [4.78, 5) is 14.6. The quantitative estimate of drug-likeness (QED) is 0.855. The maximum atomic E-state index is 12.3. The van der Waals surface area contributed by atoms with Crippen molar-refractivity contribution in [3.63, 3.8) is 0 Å². The molecule has 1 aromatic rings. The van der Waals surface area contributed by atoms with E-state index in [0.717, 1.165) is 37.9 Å². The highest BCUT2D eigenvalue weighted by Gasteiger charge is 2.29. The van der Waals surface area contributed by atoms with Gasteiger partial charge in [-0.2, -0.15) is 0 Å². The average Bonchev–Trinajstić information content (AvgIpc) is 2.64. The van der Waals surface area contributed by atoms with Gasteiger partial charge in [0.25, 0.3) is 5.91 Å². The molecule has 3 N–H and O–H groups in total. The molecule has 2 fully saturated rings. The highest BCUT2D eigenvalue weighted by molar-refractivity contribution is 5.91. The molecule has 5 heteroatoms. The number of anilines is 2. The molecule has 5 nitrogen and oxygen atoms in total. The first-order valence-electron chi connectivity index (χ1n) is 9.69. The van der Waals surface area contributed by atoms with Gasteiger partial charge < -0.3 is 20.3 Å². The number of carbonyl (C=O) groups excluding carboxylic acids is 1. The van der Waals surface area contributed by atoms with Crippen molar-refractivity contribution in [2.45, 2.75) is 39.2 Å². The van der Waals surface area contributed by atoms with Crippen LogP contribution in [0.3, 0.4) is 0 Å². The average molecular weight is 346 g/mol. The van der Waals surface area contributed by atoms with E-state index in [0.29, 0.717) is 18.5 Å². The fourth-order valence-electron chi connectivity index (χ4n) is 4.00. The lowest BCUT2D eigenvalue weighted by Gasteiger charge is -2.31. The number of carbonyl (C=O) groups is 1. The zero-order valence-corrected chi connectivity index (χ0v) is 15.5. The minimum absolute atomic E-state index is 0.0875. The molecular formula is C20H32N3O2+. The second kappa shape index (κ2) is 8.68. The maximum Gasteiger partial charge on any atom is 0.279 e. The van der Waals surface area contributed by atoms with Crippen LogP contribution in [0, 0.1) is 11.8 Å². The van der Waals surface area contributed by atoms with Gasteiger partial charge in [-0.3, -0.25) is 4.79 Å². The molecule has 3 rings (SSSR count). The van der Waals surface area contributed by atoms with Gasteiger partial charge in [-0.15, -0.1) is 0 Å². The topological polar surface area (TPSA) is 58.2 Å². The summed E-state index contributed by atoms with van der Waals surface area (Å²) in [6.45, 7) is 8.59. The summed E-state index contributed by atoms with van der Waals surface area (Å²) in [5.74, 6) is 1.55. The molecule has 1 heterocycles. The number of amides is 1. The normalized spacial score (nSPS) is 27.1. The molecule has 1 saturated heterocycles. The summed E-state index contributed by atoms with van der Waals surface area (Å²) in [7, 11) is 0. The molecule has 1 aliphatic heterocycles. The van der Waals surface area contributed by atoms with Gasteiger partial charge in [-0.25, -0.2) is 0 Å². The van der Waals surface area contributed by atoms with Crippen molar-refractivity contribution < 1.29 is 14.8 Å². The van der Waals surface area contributed by atoms with Crippen molar-refractivity contribution in [1.82, 2.24) is 0 Å². The van der Waals surface area contributed by atoms with Gasteiger partial charge in [-0.1, -0.05) is 13.8 Å². The zero-order valence-electron chi connectivity index (χ0n) is 15.5. The molecule has 0 aromatic heterocycles. The fraction of sp³-hybridized carbons (Fsp3) is 0.650. The number of rotatable bonds is 5. The first kappa shape index (κ1) is 18.2. The fourth-order valence-corrected chi connectivity index (χ4v) is 4.00. The van der Waals surface area contributed by atoms with Crippen molar-refractivity contribution in [2.24, 2.45) is 11.8 Å². The second-order valence-corrected chi connectivity index (χ2v) is 7.57. The molecule has 1 amide bonds. The van der Waals surface area contributed by atoms with E-state index >= 15 is 0 Å². The number of nitrogens with two attached hydrogens (primary N) is 1. The van der Waals surface area contributed by atoms with Crippen LogP contribution in [0.4, 0.5) is 11.4 Å². The lowest BCUT2D eigenvalue weighted by Crippen LogP contribution is -2.93. The van der Waals surface area contributed by atoms with Crippen LogP contribution < -0.4 is 15.5 Å². The number of hydrogen-bond donors (Lipinski definition) is 2. The largest absolute Gasteiger partial charge is 0.378 e. The molecule has 1 aromatic carbocycles. The van der Waals surface area contributed by atoms with Crippen LogP contribution >= 0.6 is 0 Å². The van der Waals surface area contributed by atoms with Crippen LogP contribution in [0.1, 0.15) is 33.1 Å². The van der Waals surface area contributed by atoms with Crippen LogP contribution in [-0.4, -0.2) is 44.8 Å². The minimum Gasteiger partial charge on any atom is -0.378 e. The van der Waals surface area contributed by atoms with Crippen molar-refractivity contribution >= 4 is 17.3 Å². The van der Waals surface area contributed by atoms with Crippen LogP contribution in [0.2, 0.25) is 0 Å². The zero-order chi connectivity index (χ0) is 17.6. The molecule has 25 heavy (non-hydrogen) atoms. The Kier molecular flexibility index (Phi) is 6.32. The Balaban J connectivity index is 1.46. The monoisotopic (exact) mass is 346 g/mol. The summed E-state index contributed by atoms with van der Waals surface area (Å²) in [5, 5.41) is 5.26. The molecule has 1 saturated carbocycles. The maximum absolute atomic E-state index is 12.3. The van der Waals surface area contributed by atoms with E-state index in [-0.39, 0.29) is 5.91 Å². The Hall–Kier alpha value is -1.59.